The fourth-order valence-electron chi connectivity index (χ4n) is 3.01. The molecule has 1 aromatic carbocycles. The molecule has 8 heteroatoms. The number of aryl methyl sites for hydroxylation is 1. The van der Waals surface area contributed by atoms with Gasteiger partial charge in [-0.2, -0.15) is 0 Å². The zero-order valence-corrected chi connectivity index (χ0v) is 15.0. The van der Waals surface area contributed by atoms with Crippen molar-refractivity contribution in [2.45, 2.75) is 6.92 Å². The van der Waals surface area contributed by atoms with Crippen LogP contribution >= 0.6 is 0 Å². The van der Waals surface area contributed by atoms with Gasteiger partial charge in [-0.25, -0.2) is 14.7 Å². The second-order valence-electron chi connectivity index (χ2n) is 6.66. The first kappa shape index (κ1) is 18.1. The van der Waals surface area contributed by atoms with Crippen LogP contribution in [0.3, 0.4) is 0 Å². The Morgan fingerprint density at radius 1 is 1.12 bits per heavy atom. The van der Waals surface area contributed by atoms with Crippen LogP contribution < -0.4 is 15.6 Å². The number of hydrogen-bond donors (Lipinski definition) is 2. The Labute approximate surface area is 152 Å². The fourth-order valence-corrected chi connectivity index (χ4v) is 3.01. The number of imide groups is 2. The minimum Gasteiger partial charge on any atom is -0.322 e. The normalized spacial score (nSPS) is 22.3. The van der Waals surface area contributed by atoms with Crippen molar-refractivity contribution in [3.05, 3.63) is 42.1 Å². The highest BCUT2D eigenvalue weighted by Gasteiger charge is 2.43. The van der Waals surface area contributed by atoms with Crippen LogP contribution in [-0.4, -0.2) is 61.0 Å². The highest BCUT2D eigenvalue weighted by molar-refractivity contribution is 6.28. The largest absolute Gasteiger partial charge is 0.335 e. The Bertz CT molecular complexity index is 738. The van der Waals surface area contributed by atoms with Crippen LogP contribution in [-0.2, 0) is 9.59 Å². The first-order chi connectivity index (χ1) is 12.4. The van der Waals surface area contributed by atoms with Crippen molar-refractivity contribution in [2.75, 3.05) is 38.1 Å². The number of urea groups is 1. The summed E-state index contributed by atoms with van der Waals surface area (Å²) in [4.78, 5) is 40.5. The van der Waals surface area contributed by atoms with Crippen LogP contribution in [0.25, 0.3) is 0 Å². The second-order valence-corrected chi connectivity index (χ2v) is 6.66. The van der Waals surface area contributed by atoms with E-state index in [-0.39, 0.29) is 5.70 Å². The number of carbonyl (C=O) groups excluding carboxylic acids is 3. The molecular weight excluding hydrogens is 334 g/mol. The van der Waals surface area contributed by atoms with E-state index in [9.17, 15) is 14.4 Å². The summed E-state index contributed by atoms with van der Waals surface area (Å²) < 4.78 is 0. The quantitative estimate of drug-likeness (QED) is 0.762. The summed E-state index contributed by atoms with van der Waals surface area (Å²) in [7, 11) is 2.04. The van der Waals surface area contributed by atoms with Gasteiger partial charge in [-0.1, -0.05) is 24.3 Å². The van der Waals surface area contributed by atoms with E-state index in [2.05, 4.69) is 22.2 Å². The molecule has 0 aromatic heterocycles. The predicted molar refractivity (Wildman–Crippen MR) is 97.0 cm³/mol. The molecule has 2 heterocycles. The van der Waals surface area contributed by atoms with Gasteiger partial charge in [0, 0.05) is 31.9 Å². The van der Waals surface area contributed by atoms with Crippen LogP contribution in [0.2, 0.25) is 0 Å². The smallest absolute Gasteiger partial charge is 0.322 e. The maximum atomic E-state index is 12.9. The molecule has 26 heavy (non-hydrogen) atoms. The molecule has 0 radical (unpaired) electrons. The van der Waals surface area contributed by atoms with Gasteiger partial charge >= 0.3 is 6.03 Å². The Balaban J connectivity index is 1.76. The number of barbiturate groups is 1. The lowest BCUT2D eigenvalue weighted by atomic mass is 10.0. The number of nitrogens with one attached hydrogen (secondary N) is 2. The monoisotopic (exact) mass is 357 g/mol. The predicted octanol–water partition coefficient (Wildman–Crippen LogP) is 0.460. The first-order valence-corrected chi connectivity index (χ1v) is 8.51. The molecule has 3 rings (SSSR count). The Morgan fingerprint density at radius 2 is 1.73 bits per heavy atom. The summed E-state index contributed by atoms with van der Waals surface area (Å²) in [6.45, 7) is 9.03. The van der Waals surface area contributed by atoms with E-state index in [1.165, 1.54) is 0 Å². The van der Waals surface area contributed by atoms with Crippen molar-refractivity contribution >= 4 is 23.5 Å². The number of piperazine rings is 1. The number of amides is 4. The van der Waals surface area contributed by atoms with E-state index in [0.717, 1.165) is 36.6 Å². The van der Waals surface area contributed by atoms with Crippen LogP contribution in [0.1, 0.15) is 5.56 Å². The molecule has 1 atom stereocenters. The minimum absolute atomic E-state index is 0.265. The van der Waals surface area contributed by atoms with Gasteiger partial charge in [-0.15, -0.1) is 0 Å². The van der Waals surface area contributed by atoms with Gasteiger partial charge in [-0.05, 0) is 26.1 Å². The van der Waals surface area contributed by atoms with Gasteiger partial charge in [0.05, 0.1) is 5.69 Å². The average Bonchev–Trinajstić information content (AvgIpc) is 2.58. The molecule has 0 unspecified atom stereocenters. The van der Waals surface area contributed by atoms with Gasteiger partial charge in [-0.3, -0.25) is 14.9 Å². The van der Waals surface area contributed by atoms with Gasteiger partial charge in [0.2, 0.25) is 5.91 Å². The molecule has 2 fully saturated rings. The Hall–Kier alpha value is -2.71. The zero-order chi connectivity index (χ0) is 18.8. The molecule has 0 spiro atoms. The molecule has 4 amide bonds. The molecule has 0 bridgehead atoms. The summed E-state index contributed by atoms with van der Waals surface area (Å²) in [6, 6.07) is 6.22. The number of hydrazine groups is 1. The lowest BCUT2D eigenvalue weighted by Gasteiger charge is -2.36. The summed E-state index contributed by atoms with van der Waals surface area (Å²) in [5, 5.41) is 4.17. The van der Waals surface area contributed by atoms with Crippen LogP contribution in [0.4, 0.5) is 10.5 Å². The minimum atomic E-state index is -1.16. The lowest BCUT2D eigenvalue weighted by molar-refractivity contribution is -0.133. The number of benzene rings is 1. The standard InChI is InChI=1S/C18H23N5O3/c1-12-4-6-14(7-5-12)23-17(25)15(16(24)19-18(23)26)13(2)20-22-10-8-21(3)9-11-22/h4-7,15,20H,2,8-11H2,1,3H3,(H,19,24,26)/t15-/m1/s1. The summed E-state index contributed by atoms with van der Waals surface area (Å²) in [5.74, 6) is -2.42. The van der Waals surface area contributed by atoms with Crippen LogP contribution in [0, 0.1) is 12.8 Å². The second kappa shape index (κ2) is 7.27. The van der Waals surface area contributed by atoms with Crippen molar-refractivity contribution in [3.63, 3.8) is 0 Å². The van der Waals surface area contributed by atoms with Crippen LogP contribution in [0.15, 0.2) is 36.5 Å². The average molecular weight is 357 g/mol. The third-order valence-electron chi connectivity index (χ3n) is 4.61. The summed E-state index contributed by atoms with van der Waals surface area (Å²) in [6.07, 6.45) is 0. The number of carbonyl (C=O) groups is 3. The van der Waals surface area contributed by atoms with Crippen LogP contribution in [0.5, 0.6) is 0 Å². The molecule has 2 aliphatic rings. The molecule has 2 saturated heterocycles. The Morgan fingerprint density at radius 3 is 2.35 bits per heavy atom. The Kier molecular flexibility index (Phi) is 5.06. The molecule has 0 saturated carbocycles. The molecule has 138 valence electrons. The molecule has 0 aliphatic carbocycles. The van der Waals surface area contributed by atoms with E-state index in [0.29, 0.717) is 5.69 Å². The number of anilines is 1. The van der Waals surface area contributed by atoms with E-state index < -0.39 is 23.8 Å². The summed E-state index contributed by atoms with van der Waals surface area (Å²) >= 11 is 0. The molecule has 2 N–H and O–H groups in total. The van der Waals surface area contributed by atoms with Crippen molar-refractivity contribution in [3.8, 4) is 0 Å². The van der Waals surface area contributed by atoms with Gasteiger partial charge in [0.1, 0.15) is 0 Å². The maximum Gasteiger partial charge on any atom is 0.335 e. The molecular formula is C18H23N5O3. The highest BCUT2D eigenvalue weighted by Crippen LogP contribution is 2.23. The maximum absolute atomic E-state index is 12.9. The van der Waals surface area contributed by atoms with E-state index >= 15 is 0 Å². The molecule has 2 aliphatic heterocycles. The zero-order valence-electron chi connectivity index (χ0n) is 15.0. The third kappa shape index (κ3) is 3.61. The summed E-state index contributed by atoms with van der Waals surface area (Å²) in [5.41, 5.74) is 4.75. The number of rotatable bonds is 4. The topological polar surface area (TPSA) is 85.0 Å². The van der Waals surface area contributed by atoms with E-state index in [1.807, 2.05) is 19.0 Å². The number of nitrogens with zero attached hydrogens (tertiary/aromatic N) is 3. The number of hydrogen-bond acceptors (Lipinski definition) is 6. The van der Waals surface area contributed by atoms with E-state index in [1.54, 1.807) is 24.3 Å². The SMILES string of the molecule is C=C(NN1CCN(C)CC1)[C@@H]1C(=O)NC(=O)N(c2ccc(C)cc2)C1=O. The lowest BCUT2D eigenvalue weighted by Crippen LogP contribution is -2.61. The molecule has 1 aromatic rings. The van der Waals surface area contributed by atoms with Crippen molar-refractivity contribution in [1.82, 2.24) is 20.7 Å². The van der Waals surface area contributed by atoms with Crippen molar-refractivity contribution < 1.29 is 14.4 Å². The van der Waals surface area contributed by atoms with Gasteiger partial charge < -0.3 is 10.3 Å². The first-order valence-electron chi connectivity index (χ1n) is 8.51. The number of likely N-dealkylation sites (N-methyl/N-ethyl adjacent to an activating group) is 1. The van der Waals surface area contributed by atoms with Crippen molar-refractivity contribution in [2.24, 2.45) is 5.92 Å². The van der Waals surface area contributed by atoms with Gasteiger partial charge in [0.15, 0.2) is 5.92 Å². The van der Waals surface area contributed by atoms with E-state index in [4.69, 9.17) is 0 Å². The third-order valence-corrected chi connectivity index (χ3v) is 4.61. The molecule has 8 nitrogen and oxygen atoms in total. The van der Waals surface area contributed by atoms with Gasteiger partial charge in [0.25, 0.3) is 5.91 Å². The van der Waals surface area contributed by atoms with Crippen molar-refractivity contribution in [1.29, 1.82) is 0 Å². The fraction of sp³-hybridized carbons (Fsp3) is 0.389. The highest BCUT2D eigenvalue weighted by atomic mass is 16.2.